The van der Waals surface area contributed by atoms with E-state index >= 15 is 0 Å². The minimum atomic E-state index is -2.80. The van der Waals surface area contributed by atoms with Crippen LogP contribution in [0.25, 0.3) is 0 Å². The molecule has 1 aromatic rings. The normalized spacial score (nSPS) is 25.5. The zero-order valence-corrected chi connectivity index (χ0v) is 11.7. The molecule has 20 heavy (non-hydrogen) atoms. The van der Waals surface area contributed by atoms with Gasteiger partial charge in [0.05, 0.1) is 6.04 Å². The van der Waals surface area contributed by atoms with Crippen LogP contribution >= 0.6 is 0 Å². The minimum Gasteiger partial charge on any atom is -0.488 e. The van der Waals surface area contributed by atoms with Crippen molar-refractivity contribution in [3.05, 3.63) is 23.8 Å². The van der Waals surface area contributed by atoms with Gasteiger partial charge in [0.1, 0.15) is 17.6 Å². The summed E-state index contributed by atoms with van der Waals surface area (Å²) in [7, 11) is 0. The van der Waals surface area contributed by atoms with E-state index in [1.807, 2.05) is 6.07 Å². The van der Waals surface area contributed by atoms with Crippen molar-refractivity contribution in [2.45, 2.75) is 51.5 Å². The van der Waals surface area contributed by atoms with Gasteiger partial charge in [-0.25, -0.2) is 0 Å². The Morgan fingerprint density at radius 2 is 2.15 bits per heavy atom. The lowest BCUT2D eigenvalue weighted by Gasteiger charge is -2.39. The molecule has 5 heteroatoms. The number of alkyl halides is 2. The summed E-state index contributed by atoms with van der Waals surface area (Å²) in [5.74, 6) is 0.846. The Morgan fingerprint density at radius 1 is 1.35 bits per heavy atom. The third-order valence-electron chi connectivity index (χ3n) is 4.08. The van der Waals surface area contributed by atoms with Crippen molar-refractivity contribution in [1.82, 2.24) is 4.90 Å². The summed E-state index contributed by atoms with van der Waals surface area (Å²) in [6.07, 6.45) is 2.24. The average Bonchev–Trinajstić information content (AvgIpc) is 2.74. The molecule has 3 rings (SSSR count). The Bertz CT molecular complexity index is 493. The molecule has 2 atom stereocenters. The average molecular weight is 283 g/mol. The van der Waals surface area contributed by atoms with E-state index in [2.05, 4.69) is 23.5 Å². The van der Waals surface area contributed by atoms with Gasteiger partial charge >= 0.3 is 6.61 Å². The van der Waals surface area contributed by atoms with Crippen LogP contribution in [0, 0.1) is 0 Å². The Balaban J connectivity index is 1.89. The molecule has 3 nitrogen and oxygen atoms in total. The largest absolute Gasteiger partial charge is 0.488 e. The van der Waals surface area contributed by atoms with Crippen LogP contribution < -0.4 is 9.47 Å². The van der Waals surface area contributed by atoms with E-state index in [0.29, 0.717) is 11.8 Å². The molecule has 0 radical (unpaired) electrons. The minimum absolute atomic E-state index is 0.128. The maximum Gasteiger partial charge on any atom is 0.387 e. The smallest absolute Gasteiger partial charge is 0.387 e. The third-order valence-corrected chi connectivity index (χ3v) is 4.08. The molecule has 0 bridgehead atoms. The lowest BCUT2D eigenvalue weighted by atomic mass is 9.93. The molecular weight excluding hydrogens is 264 g/mol. The molecule has 0 amide bonds. The Hall–Kier alpha value is -1.36. The van der Waals surface area contributed by atoms with Gasteiger partial charge in [0.25, 0.3) is 0 Å². The maximum absolute atomic E-state index is 12.3. The Morgan fingerprint density at radius 3 is 2.85 bits per heavy atom. The second-order valence-corrected chi connectivity index (χ2v) is 5.65. The zero-order valence-electron chi connectivity index (χ0n) is 11.7. The number of rotatable bonds is 3. The first kappa shape index (κ1) is 13.6. The molecular formula is C15H19F2NO2. The monoisotopic (exact) mass is 283 g/mol. The highest BCUT2D eigenvalue weighted by Crippen LogP contribution is 2.46. The molecule has 0 aliphatic carbocycles. The summed E-state index contributed by atoms with van der Waals surface area (Å²) >= 11 is 0. The standard InChI is InChI=1S/C15H19F2NO2/c1-9(2)18-7-3-4-12-14(18)11-6-5-10(19-15(16)17)8-13(11)20-12/h5-6,8-9,12,14-15H,3-4,7H2,1-2H3. The maximum atomic E-state index is 12.3. The van der Waals surface area contributed by atoms with Crippen LogP contribution in [-0.4, -0.2) is 30.2 Å². The molecule has 2 unspecified atom stereocenters. The fraction of sp³-hybridized carbons (Fsp3) is 0.600. The van der Waals surface area contributed by atoms with Crippen LogP contribution in [0.15, 0.2) is 18.2 Å². The van der Waals surface area contributed by atoms with Gasteiger partial charge in [0, 0.05) is 17.7 Å². The van der Waals surface area contributed by atoms with Crippen LogP contribution in [-0.2, 0) is 0 Å². The summed E-state index contributed by atoms with van der Waals surface area (Å²) < 4.78 is 34.9. The number of piperidine rings is 1. The van der Waals surface area contributed by atoms with E-state index in [4.69, 9.17) is 4.74 Å². The molecule has 2 aliphatic rings. The van der Waals surface area contributed by atoms with E-state index in [-0.39, 0.29) is 17.9 Å². The van der Waals surface area contributed by atoms with Crippen LogP contribution in [0.5, 0.6) is 11.5 Å². The summed E-state index contributed by atoms with van der Waals surface area (Å²) in [4.78, 5) is 2.42. The molecule has 2 aliphatic heterocycles. The first-order valence-electron chi connectivity index (χ1n) is 7.07. The van der Waals surface area contributed by atoms with Gasteiger partial charge in [-0.2, -0.15) is 8.78 Å². The number of hydrogen-bond donors (Lipinski definition) is 0. The van der Waals surface area contributed by atoms with Gasteiger partial charge < -0.3 is 9.47 Å². The third kappa shape index (κ3) is 2.35. The molecule has 0 N–H and O–H groups in total. The molecule has 110 valence electrons. The predicted octanol–water partition coefficient (Wildman–Crippen LogP) is 3.59. The van der Waals surface area contributed by atoms with Gasteiger partial charge in [0.2, 0.25) is 0 Å². The molecule has 0 saturated carbocycles. The first-order valence-corrected chi connectivity index (χ1v) is 7.07. The van der Waals surface area contributed by atoms with Crippen LogP contribution in [0.3, 0.4) is 0 Å². The molecule has 2 heterocycles. The highest BCUT2D eigenvalue weighted by Gasteiger charge is 2.41. The fourth-order valence-corrected chi connectivity index (χ4v) is 3.27. The van der Waals surface area contributed by atoms with Crippen molar-refractivity contribution in [3.63, 3.8) is 0 Å². The topological polar surface area (TPSA) is 21.7 Å². The number of hydrogen-bond acceptors (Lipinski definition) is 3. The highest BCUT2D eigenvalue weighted by atomic mass is 19.3. The fourth-order valence-electron chi connectivity index (χ4n) is 3.27. The SMILES string of the molecule is CC(C)N1CCCC2Oc3cc(OC(F)F)ccc3C21. The number of likely N-dealkylation sites (tertiary alicyclic amines) is 1. The number of fused-ring (bicyclic) bond motifs is 3. The molecule has 0 spiro atoms. The molecule has 1 fully saturated rings. The summed E-state index contributed by atoms with van der Waals surface area (Å²) in [5.41, 5.74) is 1.09. The van der Waals surface area contributed by atoms with Crippen molar-refractivity contribution in [2.24, 2.45) is 0 Å². The summed E-state index contributed by atoms with van der Waals surface area (Å²) in [6.45, 7) is 2.60. The van der Waals surface area contributed by atoms with E-state index in [1.165, 1.54) is 0 Å². The first-order chi connectivity index (χ1) is 9.56. The van der Waals surface area contributed by atoms with Crippen molar-refractivity contribution >= 4 is 0 Å². The molecule has 1 saturated heterocycles. The second-order valence-electron chi connectivity index (χ2n) is 5.65. The van der Waals surface area contributed by atoms with Gasteiger partial charge in [-0.15, -0.1) is 0 Å². The lowest BCUT2D eigenvalue weighted by Crippen LogP contribution is -2.44. The van der Waals surface area contributed by atoms with Crippen LogP contribution in [0.1, 0.15) is 38.3 Å². The van der Waals surface area contributed by atoms with Crippen molar-refractivity contribution in [2.75, 3.05) is 6.54 Å². The quantitative estimate of drug-likeness (QED) is 0.846. The van der Waals surface area contributed by atoms with Crippen molar-refractivity contribution < 1.29 is 18.3 Å². The lowest BCUT2D eigenvalue weighted by molar-refractivity contribution is -0.0499. The summed E-state index contributed by atoms with van der Waals surface area (Å²) in [5, 5.41) is 0. The van der Waals surface area contributed by atoms with E-state index < -0.39 is 6.61 Å². The van der Waals surface area contributed by atoms with Crippen LogP contribution in [0.4, 0.5) is 8.78 Å². The van der Waals surface area contributed by atoms with Crippen LogP contribution in [0.2, 0.25) is 0 Å². The highest BCUT2D eigenvalue weighted by molar-refractivity contribution is 5.46. The van der Waals surface area contributed by atoms with E-state index in [0.717, 1.165) is 24.9 Å². The van der Waals surface area contributed by atoms with Gasteiger partial charge in [-0.1, -0.05) is 0 Å². The Kier molecular flexibility index (Phi) is 3.54. The van der Waals surface area contributed by atoms with Gasteiger partial charge in [-0.05, 0) is 45.4 Å². The number of halogens is 2. The van der Waals surface area contributed by atoms with E-state index in [1.54, 1.807) is 12.1 Å². The molecule has 1 aromatic carbocycles. The predicted molar refractivity (Wildman–Crippen MR) is 71.3 cm³/mol. The van der Waals surface area contributed by atoms with Gasteiger partial charge in [0.15, 0.2) is 0 Å². The number of ether oxygens (including phenoxy) is 2. The number of nitrogens with zero attached hydrogens (tertiary/aromatic N) is 1. The summed E-state index contributed by atoms with van der Waals surface area (Å²) in [6, 6.07) is 5.72. The van der Waals surface area contributed by atoms with Crippen molar-refractivity contribution in [3.8, 4) is 11.5 Å². The molecule has 0 aromatic heterocycles. The number of benzene rings is 1. The van der Waals surface area contributed by atoms with Gasteiger partial charge in [-0.3, -0.25) is 4.90 Å². The second kappa shape index (κ2) is 5.20. The van der Waals surface area contributed by atoms with Crippen molar-refractivity contribution in [1.29, 1.82) is 0 Å². The van der Waals surface area contributed by atoms with E-state index in [9.17, 15) is 8.78 Å². The Labute approximate surface area is 117 Å². The zero-order chi connectivity index (χ0) is 14.3.